The largest absolute Gasteiger partial charge is 0.480 e. The number of carboxylic acids is 1. The summed E-state index contributed by atoms with van der Waals surface area (Å²) in [5.41, 5.74) is 1.91. The number of hydrogen-bond acceptors (Lipinski definition) is 3. The van der Waals surface area contributed by atoms with Crippen LogP contribution in [0.1, 0.15) is 10.8 Å². The zero-order valence-corrected chi connectivity index (χ0v) is 9.91. The summed E-state index contributed by atoms with van der Waals surface area (Å²) in [7, 11) is 3.91. The molecule has 15 heavy (non-hydrogen) atoms. The smallest absolute Gasteiger partial charge is 0.321 e. The molecule has 0 aliphatic rings. The minimum atomic E-state index is -0.792. The highest BCUT2D eigenvalue weighted by Crippen LogP contribution is 2.27. The Kier molecular flexibility index (Phi) is 4.03. The average molecular weight is 225 g/mol. The maximum absolute atomic E-state index is 10.9. The number of aliphatic carboxylic acids is 1. The van der Waals surface area contributed by atoms with Gasteiger partial charge in [0.2, 0.25) is 0 Å². The van der Waals surface area contributed by atoms with Gasteiger partial charge in [-0.1, -0.05) is 12.1 Å². The fourth-order valence-electron chi connectivity index (χ4n) is 1.33. The number of hydrogen-bond donors (Lipinski definition) is 1. The van der Waals surface area contributed by atoms with E-state index < -0.39 is 11.2 Å². The Balaban J connectivity index is 2.92. The van der Waals surface area contributed by atoms with Crippen LogP contribution in [0.5, 0.6) is 0 Å². The summed E-state index contributed by atoms with van der Waals surface area (Å²) in [6.07, 6.45) is 1.80. The van der Waals surface area contributed by atoms with Gasteiger partial charge in [0.15, 0.2) is 0 Å². The topological polar surface area (TPSA) is 40.5 Å². The van der Waals surface area contributed by atoms with Crippen molar-refractivity contribution in [1.29, 1.82) is 0 Å². The van der Waals surface area contributed by atoms with Gasteiger partial charge in [0.1, 0.15) is 5.25 Å². The van der Waals surface area contributed by atoms with E-state index in [0.717, 1.165) is 11.3 Å². The van der Waals surface area contributed by atoms with Gasteiger partial charge in [-0.3, -0.25) is 4.79 Å². The summed E-state index contributed by atoms with van der Waals surface area (Å²) >= 11 is 1.33. The lowest BCUT2D eigenvalue weighted by Gasteiger charge is -2.14. The average Bonchev–Trinajstić information content (AvgIpc) is 2.19. The second kappa shape index (κ2) is 5.07. The van der Waals surface area contributed by atoms with Crippen LogP contribution in [0, 0.1) is 0 Å². The number of carboxylic acid groups (broad SMARTS) is 1. The molecule has 0 amide bonds. The molecule has 0 radical (unpaired) electrons. The lowest BCUT2D eigenvalue weighted by Crippen LogP contribution is -2.10. The molecule has 1 unspecified atom stereocenters. The normalized spacial score (nSPS) is 12.2. The molecule has 1 aromatic carbocycles. The minimum Gasteiger partial charge on any atom is -0.480 e. The van der Waals surface area contributed by atoms with E-state index in [1.165, 1.54) is 11.8 Å². The van der Waals surface area contributed by atoms with E-state index >= 15 is 0 Å². The molecule has 1 aromatic rings. The summed E-state index contributed by atoms with van der Waals surface area (Å²) in [6, 6.07) is 7.60. The van der Waals surface area contributed by atoms with Crippen molar-refractivity contribution in [2.75, 3.05) is 25.3 Å². The van der Waals surface area contributed by atoms with E-state index in [1.54, 1.807) is 6.26 Å². The Morgan fingerprint density at radius 2 is 1.87 bits per heavy atom. The molecule has 0 heterocycles. The Morgan fingerprint density at radius 1 is 1.33 bits per heavy atom. The van der Waals surface area contributed by atoms with E-state index in [0.29, 0.717) is 0 Å². The predicted octanol–water partition coefficient (Wildman–Crippen LogP) is 2.24. The van der Waals surface area contributed by atoms with Crippen molar-refractivity contribution in [2.45, 2.75) is 5.25 Å². The molecular weight excluding hydrogens is 210 g/mol. The molecule has 1 rings (SSSR count). The summed E-state index contributed by atoms with van der Waals surface area (Å²) in [5, 5.41) is 8.50. The highest BCUT2D eigenvalue weighted by atomic mass is 32.2. The van der Waals surface area contributed by atoms with Gasteiger partial charge in [0.05, 0.1) is 0 Å². The molecular formula is C11H15NO2S. The number of carbonyl (C=O) groups is 1. The molecule has 3 nitrogen and oxygen atoms in total. The van der Waals surface area contributed by atoms with Crippen LogP contribution in [0.2, 0.25) is 0 Å². The van der Waals surface area contributed by atoms with Crippen molar-refractivity contribution < 1.29 is 9.90 Å². The molecule has 0 aliphatic heterocycles. The maximum Gasteiger partial charge on any atom is 0.321 e. The molecule has 0 spiro atoms. The van der Waals surface area contributed by atoms with Crippen LogP contribution in [0.3, 0.4) is 0 Å². The lowest BCUT2D eigenvalue weighted by atomic mass is 10.1. The Hall–Kier alpha value is -1.16. The van der Waals surface area contributed by atoms with Gasteiger partial charge in [-0.25, -0.2) is 0 Å². The quantitative estimate of drug-likeness (QED) is 0.853. The summed E-state index contributed by atoms with van der Waals surface area (Å²) < 4.78 is 0. The number of nitrogens with zero attached hydrogens (tertiary/aromatic N) is 1. The number of rotatable bonds is 4. The second-order valence-electron chi connectivity index (χ2n) is 3.44. The van der Waals surface area contributed by atoms with Crippen molar-refractivity contribution in [1.82, 2.24) is 0 Å². The second-order valence-corrected chi connectivity index (χ2v) is 4.38. The molecule has 0 bridgehead atoms. The predicted molar refractivity (Wildman–Crippen MR) is 64.7 cm³/mol. The van der Waals surface area contributed by atoms with E-state index in [9.17, 15) is 4.79 Å². The first-order valence-corrected chi connectivity index (χ1v) is 5.88. The van der Waals surface area contributed by atoms with Gasteiger partial charge in [-0.15, -0.1) is 11.8 Å². The summed E-state index contributed by atoms with van der Waals surface area (Å²) in [5.74, 6) is -0.792. The molecule has 0 saturated carbocycles. The molecule has 0 saturated heterocycles. The Bertz CT molecular complexity index is 335. The van der Waals surface area contributed by atoms with Gasteiger partial charge in [0, 0.05) is 19.8 Å². The first-order chi connectivity index (χ1) is 7.06. The van der Waals surface area contributed by atoms with Gasteiger partial charge < -0.3 is 10.0 Å². The molecule has 0 aromatic heterocycles. The first-order valence-electron chi connectivity index (χ1n) is 4.59. The third-order valence-corrected chi connectivity index (χ3v) is 3.12. The molecule has 1 atom stereocenters. The van der Waals surface area contributed by atoms with Gasteiger partial charge in [-0.2, -0.15) is 0 Å². The summed E-state index contributed by atoms with van der Waals surface area (Å²) in [4.78, 5) is 12.9. The highest BCUT2D eigenvalue weighted by molar-refractivity contribution is 7.99. The number of benzene rings is 1. The van der Waals surface area contributed by atoms with Crippen LogP contribution in [0.25, 0.3) is 0 Å². The monoisotopic (exact) mass is 225 g/mol. The fourth-order valence-corrected chi connectivity index (χ4v) is 1.96. The van der Waals surface area contributed by atoms with E-state index in [2.05, 4.69) is 0 Å². The van der Waals surface area contributed by atoms with Crippen LogP contribution >= 0.6 is 11.8 Å². The lowest BCUT2D eigenvalue weighted by molar-refractivity contribution is -0.136. The molecule has 82 valence electrons. The van der Waals surface area contributed by atoms with Crippen molar-refractivity contribution in [3.05, 3.63) is 29.8 Å². The highest BCUT2D eigenvalue weighted by Gasteiger charge is 2.17. The SMILES string of the molecule is CSC(C(=O)O)c1ccc(N(C)C)cc1. The maximum atomic E-state index is 10.9. The molecule has 4 heteroatoms. The fraction of sp³-hybridized carbons (Fsp3) is 0.364. The van der Waals surface area contributed by atoms with Gasteiger partial charge in [0.25, 0.3) is 0 Å². The number of anilines is 1. The van der Waals surface area contributed by atoms with Crippen LogP contribution in [0.15, 0.2) is 24.3 Å². The van der Waals surface area contributed by atoms with Crippen molar-refractivity contribution >= 4 is 23.4 Å². The molecule has 1 N–H and O–H groups in total. The van der Waals surface area contributed by atoms with Crippen molar-refractivity contribution in [2.24, 2.45) is 0 Å². The third kappa shape index (κ3) is 2.89. The summed E-state index contributed by atoms with van der Waals surface area (Å²) in [6.45, 7) is 0. The zero-order chi connectivity index (χ0) is 11.4. The van der Waals surface area contributed by atoms with Gasteiger partial charge >= 0.3 is 5.97 Å². The minimum absolute atomic E-state index is 0.471. The van der Waals surface area contributed by atoms with E-state index in [1.807, 2.05) is 43.3 Å². The van der Waals surface area contributed by atoms with Crippen LogP contribution in [0.4, 0.5) is 5.69 Å². The van der Waals surface area contributed by atoms with Gasteiger partial charge in [-0.05, 0) is 24.0 Å². The molecule has 0 aliphatic carbocycles. The number of thioether (sulfide) groups is 1. The van der Waals surface area contributed by atoms with E-state index in [-0.39, 0.29) is 0 Å². The molecule has 0 fully saturated rings. The third-order valence-electron chi connectivity index (χ3n) is 2.17. The Morgan fingerprint density at radius 3 is 2.20 bits per heavy atom. The Labute approximate surface area is 94.1 Å². The van der Waals surface area contributed by atoms with Crippen molar-refractivity contribution in [3.63, 3.8) is 0 Å². The van der Waals surface area contributed by atoms with Crippen LogP contribution in [-0.4, -0.2) is 31.4 Å². The zero-order valence-electron chi connectivity index (χ0n) is 9.10. The van der Waals surface area contributed by atoms with Crippen LogP contribution in [-0.2, 0) is 4.79 Å². The first kappa shape index (κ1) is 11.9. The van der Waals surface area contributed by atoms with E-state index in [4.69, 9.17) is 5.11 Å². The van der Waals surface area contributed by atoms with Crippen LogP contribution < -0.4 is 4.90 Å². The van der Waals surface area contributed by atoms with Crippen molar-refractivity contribution in [3.8, 4) is 0 Å². The standard InChI is InChI=1S/C11H15NO2S/c1-12(2)9-6-4-8(5-7-9)10(15-3)11(13)14/h4-7,10H,1-3H3,(H,13,14).